The number of rotatable bonds is 4. The second-order valence-electron chi connectivity index (χ2n) is 3.77. The lowest BCUT2D eigenvalue weighted by molar-refractivity contribution is -0.122. The van der Waals surface area contributed by atoms with Crippen molar-refractivity contribution in [2.24, 2.45) is 0 Å². The maximum atomic E-state index is 11.6. The third kappa shape index (κ3) is 2.79. The normalized spacial score (nSPS) is 20.4. The average molecular weight is 208 g/mol. The van der Waals surface area contributed by atoms with Gasteiger partial charge in [0.25, 0.3) is 0 Å². The first-order chi connectivity index (χ1) is 7.36. The van der Waals surface area contributed by atoms with Gasteiger partial charge in [-0.05, 0) is 19.4 Å². The van der Waals surface area contributed by atoms with Crippen LogP contribution in [0.25, 0.3) is 0 Å². The molecule has 1 fully saturated rings. The number of amides is 1. The summed E-state index contributed by atoms with van der Waals surface area (Å²) in [5, 5.41) is 6.08. The average Bonchev–Trinajstić information content (AvgIpc) is 2.90. The summed E-state index contributed by atoms with van der Waals surface area (Å²) >= 11 is 0. The van der Waals surface area contributed by atoms with Crippen molar-refractivity contribution in [3.63, 3.8) is 0 Å². The first-order valence-corrected chi connectivity index (χ1v) is 5.34. The lowest BCUT2D eigenvalue weighted by atomic mass is 10.2. The first kappa shape index (κ1) is 10.2. The number of nitrogens with zero attached hydrogens (tertiary/aromatic N) is 1. The van der Waals surface area contributed by atoms with E-state index >= 15 is 0 Å². The molecule has 0 saturated carbocycles. The molecule has 2 rings (SSSR count). The van der Waals surface area contributed by atoms with Gasteiger partial charge >= 0.3 is 0 Å². The number of nitrogens with one attached hydrogen (secondary N) is 3. The third-order valence-electron chi connectivity index (χ3n) is 2.63. The maximum Gasteiger partial charge on any atom is 0.237 e. The lowest BCUT2D eigenvalue weighted by Gasteiger charge is -2.10. The molecule has 0 radical (unpaired) electrons. The lowest BCUT2D eigenvalue weighted by Crippen LogP contribution is -2.41. The summed E-state index contributed by atoms with van der Waals surface area (Å²) in [6.45, 7) is 1.62. The molecule has 0 aromatic carbocycles. The molecule has 0 aliphatic carbocycles. The molecular formula is C10H16N4O. The van der Waals surface area contributed by atoms with E-state index in [9.17, 15) is 4.79 Å². The molecule has 1 amide bonds. The summed E-state index contributed by atoms with van der Waals surface area (Å²) in [4.78, 5) is 18.5. The van der Waals surface area contributed by atoms with Crippen LogP contribution in [-0.2, 0) is 11.2 Å². The number of H-pyrrole nitrogens is 1. The van der Waals surface area contributed by atoms with Gasteiger partial charge in [-0.15, -0.1) is 0 Å². The van der Waals surface area contributed by atoms with Crippen molar-refractivity contribution in [2.75, 3.05) is 13.1 Å². The molecule has 1 atom stereocenters. The molecule has 82 valence electrons. The molecule has 1 saturated heterocycles. The molecule has 15 heavy (non-hydrogen) atoms. The van der Waals surface area contributed by atoms with Gasteiger partial charge < -0.3 is 15.6 Å². The number of aromatic amines is 1. The minimum atomic E-state index is 0.0202. The van der Waals surface area contributed by atoms with Gasteiger partial charge in [0.05, 0.1) is 12.4 Å². The van der Waals surface area contributed by atoms with Gasteiger partial charge in [-0.2, -0.15) is 0 Å². The Morgan fingerprint density at radius 1 is 1.67 bits per heavy atom. The standard InChI is InChI=1S/C10H16N4O/c15-10(9-2-1-4-12-9)13-5-3-8-6-11-7-14-8/h6-7,9,12H,1-5H2,(H,11,14)(H,13,15)/t9-/m1/s1. The quantitative estimate of drug-likeness (QED) is 0.643. The topological polar surface area (TPSA) is 69.8 Å². The zero-order chi connectivity index (χ0) is 10.5. The van der Waals surface area contributed by atoms with Gasteiger partial charge in [-0.3, -0.25) is 4.79 Å². The van der Waals surface area contributed by atoms with E-state index in [-0.39, 0.29) is 11.9 Å². The summed E-state index contributed by atoms with van der Waals surface area (Å²) in [5.74, 6) is 0.118. The van der Waals surface area contributed by atoms with Crippen LogP contribution in [0.3, 0.4) is 0 Å². The fourth-order valence-electron chi connectivity index (χ4n) is 1.77. The molecule has 5 nitrogen and oxygen atoms in total. The molecular weight excluding hydrogens is 192 g/mol. The van der Waals surface area contributed by atoms with Crippen LogP contribution in [-0.4, -0.2) is 35.0 Å². The summed E-state index contributed by atoms with van der Waals surface area (Å²) < 4.78 is 0. The Kier molecular flexibility index (Phi) is 3.34. The van der Waals surface area contributed by atoms with Gasteiger partial charge in [0.15, 0.2) is 0 Å². The van der Waals surface area contributed by atoms with E-state index in [1.165, 1.54) is 0 Å². The summed E-state index contributed by atoms with van der Waals surface area (Å²) in [5.41, 5.74) is 1.05. The maximum absolute atomic E-state index is 11.6. The van der Waals surface area contributed by atoms with E-state index in [4.69, 9.17) is 0 Å². The highest BCUT2D eigenvalue weighted by molar-refractivity contribution is 5.81. The SMILES string of the molecule is O=C(NCCc1cnc[nH]1)[C@H]1CCCN1. The molecule has 0 bridgehead atoms. The monoisotopic (exact) mass is 208 g/mol. The highest BCUT2D eigenvalue weighted by atomic mass is 16.2. The highest BCUT2D eigenvalue weighted by Gasteiger charge is 2.21. The van der Waals surface area contributed by atoms with Crippen molar-refractivity contribution >= 4 is 5.91 Å². The van der Waals surface area contributed by atoms with Gasteiger partial charge in [-0.1, -0.05) is 0 Å². The molecule has 1 aromatic heterocycles. The van der Waals surface area contributed by atoms with Crippen LogP contribution in [0, 0.1) is 0 Å². The van der Waals surface area contributed by atoms with Crippen LogP contribution in [0.15, 0.2) is 12.5 Å². The van der Waals surface area contributed by atoms with E-state index < -0.39 is 0 Å². The molecule has 1 aliphatic rings. The Morgan fingerprint density at radius 2 is 2.60 bits per heavy atom. The van der Waals surface area contributed by atoms with E-state index in [0.29, 0.717) is 6.54 Å². The van der Waals surface area contributed by atoms with Crippen LogP contribution in [0.2, 0.25) is 0 Å². The van der Waals surface area contributed by atoms with Gasteiger partial charge in [0.1, 0.15) is 0 Å². The Labute approximate surface area is 88.7 Å². The number of hydrogen-bond acceptors (Lipinski definition) is 3. The van der Waals surface area contributed by atoms with E-state index in [0.717, 1.165) is 31.5 Å². The van der Waals surface area contributed by atoms with E-state index in [1.807, 2.05) is 0 Å². The van der Waals surface area contributed by atoms with E-state index in [2.05, 4.69) is 20.6 Å². The van der Waals surface area contributed by atoms with Crippen LogP contribution >= 0.6 is 0 Å². The van der Waals surface area contributed by atoms with Crippen molar-refractivity contribution in [2.45, 2.75) is 25.3 Å². The Bertz CT molecular complexity index is 303. The first-order valence-electron chi connectivity index (χ1n) is 5.34. The second-order valence-corrected chi connectivity index (χ2v) is 3.77. The van der Waals surface area contributed by atoms with Gasteiger partial charge in [-0.25, -0.2) is 4.98 Å². The van der Waals surface area contributed by atoms with Crippen LogP contribution in [0.4, 0.5) is 0 Å². The Morgan fingerprint density at radius 3 is 3.27 bits per heavy atom. The van der Waals surface area contributed by atoms with Crippen LogP contribution < -0.4 is 10.6 Å². The smallest absolute Gasteiger partial charge is 0.237 e. The fraction of sp³-hybridized carbons (Fsp3) is 0.600. The molecule has 5 heteroatoms. The Hall–Kier alpha value is -1.36. The van der Waals surface area contributed by atoms with Crippen molar-refractivity contribution in [1.82, 2.24) is 20.6 Å². The number of carbonyl (C=O) groups is 1. The van der Waals surface area contributed by atoms with Crippen LogP contribution in [0.5, 0.6) is 0 Å². The molecule has 1 aliphatic heterocycles. The van der Waals surface area contributed by atoms with Crippen molar-refractivity contribution in [3.8, 4) is 0 Å². The summed E-state index contributed by atoms with van der Waals surface area (Å²) in [6.07, 6.45) is 6.28. The largest absolute Gasteiger partial charge is 0.354 e. The predicted octanol–water partition coefficient (Wildman–Crippen LogP) is -0.180. The minimum absolute atomic E-state index is 0.0202. The number of carbonyl (C=O) groups excluding carboxylic acids is 1. The van der Waals surface area contributed by atoms with Gasteiger partial charge in [0.2, 0.25) is 5.91 Å². The molecule has 3 N–H and O–H groups in total. The predicted molar refractivity (Wildman–Crippen MR) is 56.3 cm³/mol. The van der Waals surface area contributed by atoms with Gasteiger partial charge in [0, 0.05) is 24.9 Å². The molecule has 2 heterocycles. The second kappa shape index (κ2) is 4.93. The van der Waals surface area contributed by atoms with Crippen LogP contribution in [0.1, 0.15) is 18.5 Å². The van der Waals surface area contributed by atoms with Crippen molar-refractivity contribution in [1.29, 1.82) is 0 Å². The molecule has 0 unspecified atom stereocenters. The number of aromatic nitrogens is 2. The summed E-state index contributed by atoms with van der Waals surface area (Å²) in [7, 11) is 0. The molecule has 1 aromatic rings. The third-order valence-corrected chi connectivity index (χ3v) is 2.63. The zero-order valence-corrected chi connectivity index (χ0v) is 8.62. The van der Waals surface area contributed by atoms with Crippen molar-refractivity contribution < 1.29 is 4.79 Å². The fourth-order valence-corrected chi connectivity index (χ4v) is 1.77. The number of imidazole rings is 1. The Balaban J connectivity index is 1.67. The van der Waals surface area contributed by atoms with E-state index in [1.54, 1.807) is 12.5 Å². The number of hydrogen-bond donors (Lipinski definition) is 3. The summed E-state index contributed by atoms with van der Waals surface area (Å²) in [6, 6.07) is 0.0202. The molecule has 0 spiro atoms. The van der Waals surface area contributed by atoms with Crippen molar-refractivity contribution in [3.05, 3.63) is 18.2 Å². The minimum Gasteiger partial charge on any atom is -0.354 e. The highest BCUT2D eigenvalue weighted by Crippen LogP contribution is 2.04. The zero-order valence-electron chi connectivity index (χ0n) is 8.62.